The molecule has 1 atom stereocenters. The average Bonchev–Trinajstić information content (AvgIpc) is 2.56. The Balaban J connectivity index is 2.46. The fraction of sp³-hybridized carbons (Fsp3) is 0.412. The summed E-state index contributed by atoms with van der Waals surface area (Å²) in [5.74, 6) is -0.859. The topological polar surface area (TPSA) is 38.2 Å². The lowest BCUT2D eigenvalue weighted by atomic mass is 10.2. The summed E-state index contributed by atoms with van der Waals surface area (Å²) in [5, 5.41) is 0. The summed E-state index contributed by atoms with van der Waals surface area (Å²) in [5.41, 5.74) is -0.454. The minimum absolute atomic E-state index is 0.0559. The zero-order valence-electron chi connectivity index (χ0n) is 14.1. The van der Waals surface area contributed by atoms with Gasteiger partial charge in [0.25, 0.3) is 0 Å². The molecular weight excluding hydrogens is 338 g/mol. The van der Waals surface area contributed by atoms with Gasteiger partial charge in [-0.1, -0.05) is 6.92 Å². The first-order valence-corrected chi connectivity index (χ1v) is 7.90. The molecule has 2 aromatic rings. The molecule has 0 aliphatic carbocycles. The molecule has 0 spiro atoms. The molecule has 4 nitrogen and oxygen atoms in total. The Kier molecular flexibility index (Phi) is 5.81. The lowest BCUT2D eigenvalue weighted by Gasteiger charge is -2.23. The van der Waals surface area contributed by atoms with Gasteiger partial charge in [0.1, 0.15) is 11.4 Å². The van der Waals surface area contributed by atoms with E-state index in [1.165, 1.54) is 24.3 Å². The Morgan fingerprint density at radius 2 is 1.80 bits per heavy atom. The number of rotatable bonds is 6. The van der Waals surface area contributed by atoms with Crippen molar-refractivity contribution in [2.24, 2.45) is 0 Å². The van der Waals surface area contributed by atoms with Crippen LogP contribution in [-0.2, 0) is 6.18 Å². The summed E-state index contributed by atoms with van der Waals surface area (Å²) in [6.07, 6.45) is -3.79. The number of hydrogen-bond donors (Lipinski definition) is 0. The first-order chi connectivity index (χ1) is 11.8. The maximum atomic E-state index is 13.2. The minimum atomic E-state index is -4.62. The van der Waals surface area contributed by atoms with Gasteiger partial charge >= 0.3 is 6.18 Å². The third-order valence-corrected chi connectivity index (χ3v) is 3.63. The Bertz CT molecular complexity index is 704. The lowest BCUT2D eigenvalue weighted by Crippen LogP contribution is -2.22. The van der Waals surface area contributed by atoms with E-state index >= 15 is 0 Å². The van der Waals surface area contributed by atoms with Crippen LogP contribution in [0.1, 0.15) is 32.8 Å². The van der Waals surface area contributed by atoms with E-state index in [-0.39, 0.29) is 5.95 Å². The summed E-state index contributed by atoms with van der Waals surface area (Å²) in [6.45, 7) is 5.65. The van der Waals surface area contributed by atoms with Gasteiger partial charge in [0.2, 0.25) is 11.8 Å². The number of ether oxygens (including phenoxy) is 1. The third-order valence-electron chi connectivity index (χ3n) is 3.63. The summed E-state index contributed by atoms with van der Waals surface area (Å²) >= 11 is 0. The van der Waals surface area contributed by atoms with E-state index in [4.69, 9.17) is 4.74 Å². The molecule has 2 rings (SSSR count). The Labute approximate surface area is 143 Å². The van der Waals surface area contributed by atoms with E-state index < -0.39 is 29.5 Å². The number of aromatic nitrogens is 2. The molecule has 0 bridgehead atoms. The van der Waals surface area contributed by atoms with Gasteiger partial charge in [-0.2, -0.15) is 18.2 Å². The van der Waals surface area contributed by atoms with Gasteiger partial charge < -0.3 is 9.64 Å². The molecule has 1 aromatic heterocycles. The first kappa shape index (κ1) is 19.0. The van der Waals surface area contributed by atoms with Gasteiger partial charge in [0, 0.05) is 18.4 Å². The van der Waals surface area contributed by atoms with Gasteiger partial charge in [-0.3, -0.25) is 0 Å². The molecule has 0 fully saturated rings. The van der Waals surface area contributed by atoms with E-state index in [1.807, 2.05) is 0 Å². The highest BCUT2D eigenvalue weighted by atomic mass is 19.4. The summed E-state index contributed by atoms with van der Waals surface area (Å²) in [6, 6.07) is 5.54. The van der Waals surface area contributed by atoms with E-state index in [0.29, 0.717) is 24.8 Å². The molecule has 0 saturated carbocycles. The monoisotopic (exact) mass is 357 g/mol. The maximum Gasteiger partial charge on any atom is 0.423 e. The number of hydrogen-bond acceptors (Lipinski definition) is 4. The molecule has 0 aliphatic heterocycles. The van der Waals surface area contributed by atoms with Crippen LogP contribution in [0.2, 0.25) is 0 Å². The normalized spacial score (nSPS) is 12.8. The van der Waals surface area contributed by atoms with Crippen molar-refractivity contribution in [1.82, 2.24) is 9.97 Å². The van der Waals surface area contributed by atoms with E-state index in [2.05, 4.69) is 9.97 Å². The second-order valence-electron chi connectivity index (χ2n) is 5.44. The summed E-state index contributed by atoms with van der Waals surface area (Å²) < 4.78 is 58.0. The van der Waals surface area contributed by atoms with E-state index in [1.54, 1.807) is 25.7 Å². The third kappa shape index (κ3) is 4.58. The number of benzene rings is 1. The van der Waals surface area contributed by atoms with Crippen LogP contribution in [-0.4, -0.2) is 22.6 Å². The molecule has 1 unspecified atom stereocenters. The van der Waals surface area contributed by atoms with Gasteiger partial charge in [-0.25, -0.2) is 9.37 Å². The molecule has 0 aliphatic rings. The quantitative estimate of drug-likeness (QED) is 0.684. The van der Waals surface area contributed by atoms with Crippen molar-refractivity contribution in [1.29, 1.82) is 0 Å². The van der Waals surface area contributed by atoms with E-state index in [0.717, 1.165) is 0 Å². The van der Waals surface area contributed by atoms with Gasteiger partial charge in [-0.15, -0.1) is 0 Å². The predicted octanol–water partition coefficient (Wildman–Crippen LogP) is 4.97. The average molecular weight is 357 g/mol. The van der Waals surface area contributed by atoms with Crippen LogP contribution in [0.15, 0.2) is 30.5 Å². The molecule has 8 heteroatoms. The zero-order valence-corrected chi connectivity index (χ0v) is 14.1. The van der Waals surface area contributed by atoms with Crippen LogP contribution in [0.25, 0.3) is 0 Å². The Morgan fingerprint density at radius 3 is 2.32 bits per heavy atom. The molecule has 0 saturated heterocycles. The maximum absolute atomic E-state index is 13.2. The van der Waals surface area contributed by atoms with E-state index in [9.17, 15) is 17.6 Å². The number of anilines is 2. The van der Waals surface area contributed by atoms with Crippen molar-refractivity contribution in [3.63, 3.8) is 0 Å². The van der Waals surface area contributed by atoms with Gasteiger partial charge in [0.15, 0.2) is 0 Å². The Morgan fingerprint density at radius 1 is 1.16 bits per heavy atom. The second kappa shape index (κ2) is 7.67. The molecule has 136 valence electrons. The van der Waals surface area contributed by atoms with Crippen LogP contribution in [0.5, 0.6) is 5.88 Å². The summed E-state index contributed by atoms with van der Waals surface area (Å²) in [7, 11) is 0. The smallest absolute Gasteiger partial charge is 0.423 e. The molecule has 25 heavy (non-hydrogen) atoms. The largest absolute Gasteiger partial charge is 0.474 e. The molecule has 0 radical (unpaired) electrons. The standard InChI is InChI=1S/C17H19F4N3O/c1-4-11(3)25-15-14(17(19,20)21)10-22-16(23-15)24(5-2)13-8-6-12(18)7-9-13/h6-11H,4-5H2,1-3H3. The first-order valence-electron chi connectivity index (χ1n) is 7.90. The Hall–Kier alpha value is -2.38. The number of alkyl halides is 3. The molecule has 0 amide bonds. The van der Waals surface area contributed by atoms with Crippen LogP contribution in [0.4, 0.5) is 29.2 Å². The van der Waals surface area contributed by atoms with Crippen LogP contribution in [0.3, 0.4) is 0 Å². The predicted molar refractivity (Wildman–Crippen MR) is 86.5 cm³/mol. The highest BCUT2D eigenvalue weighted by Crippen LogP contribution is 2.36. The SMILES string of the molecule is CCC(C)Oc1nc(N(CC)c2ccc(F)cc2)ncc1C(F)(F)F. The van der Waals surface area contributed by atoms with Crippen molar-refractivity contribution in [2.75, 3.05) is 11.4 Å². The fourth-order valence-electron chi connectivity index (χ4n) is 2.11. The van der Waals surface area contributed by atoms with Gasteiger partial charge in [0.05, 0.1) is 6.10 Å². The van der Waals surface area contributed by atoms with Gasteiger partial charge in [-0.05, 0) is 44.5 Å². The van der Waals surface area contributed by atoms with Crippen molar-refractivity contribution in [3.05, 3.63) is 41.8 Å². The van der Waals surface area contributed by atoms with Crippen LogP contribution < -0.4 is 9.64 Å². The van der Waals surface area contributed by atoms with Crippen molar-refractivity contribution in [2.45, 2.75) is 39.5 Å². The molecule has 1 heterocycles. The molecule has 0 N–H and O–H groups in total. The minimum Gasteiger partial charge on any atom is -0.474 e. The van der Waals surface area contributed by atoms with Crippen molar-refractivity contribution < 1.29 is 22.3 Å². The second-order valence-corrected chi connectivity index (χ2v) is 5.44. The van der Waals surface area contributed by atoms with Crippen LogP contribution in [0, 0.1) is 5.82 Å². The molecule has 1 aromatic carbocycles. The molecular formula is C17H19F4N3O. The van der Waals surface area contributed by atoms with Crippen LogP contribution >= 0.6 is 0 Å². The van der Waals surface area contributed by atoms with Crippen molar-refractivity contribution >= 4 is 11.6 Å². The highest BCUT2D eigenvalue weighted by molar-refractivity contribution is 5.57. The fourth-order valence-corrected chi connectivity index (χ4v) is 2.11. The van der Waals surface area contributed by atoms with Crippen molar-refractivity contribution in [3.8, 4) is 5.88 Å². The number of halogens is 4. The number of nitrogens with zero attached hydrogens (tertiary/aromatic N) is 3. The zero-order chi connectivity index (χ0) is 18.6. The highest BCUT2D eigenvalue weighted by Gasteiger charge is 2.37. The summed E-state index contributed by atoms with van der Waals surface area (Å²) in [4.78, 5) is 9.38. The lowest BCUT2D eigenvalue weighted by molar-refractivity contribution is -0.139.